The number of Topliss-reactive ketones (excluding diaryl/α,β-unsaturated/α-hetero) is 1. The number of halogens is 1. The number of aromatic nitrogens is 1. The number of hydrogen-bond donors (Lipinski definition) is 4. The number of nitrogens with zero attached hydrogens (tertiary/aromatic N) is 1. The summed E-state index contributed by atoms with van der Waals surface area (Å²) in [7, 11) is 1.95. The molecule has 0 bridgehead atoms. The monoisotopic (exact) mass is 631 g/mol. The summed E-state index contributed by atoms with van der Waals surface area (Å²) in [4.78, 5) is 63.4. The third kappa shape index (κ3) is 9.14. The van der Waals surface area contributed by atoms with Crippen molar-refractivity contribution in [2.75, 3.05) is 32.6 Å². The molecular formula is C33H50ClN5O5. The summed E-state index contributed by atoms with van der Waals surface area (Å²) in [5.41, 5.74) is 1.57. The van der Waals surface area contributed by atoms with Crippen molar-refractivity contribution < 1.29 is 24.0 Å². The summed E-state index contributed by atoms with van der Waals surface area (Å²) in [5, 5.41) is 9.11. The van der Waals surface area contributed by atoms with Gasteiger partial charge in [0, 0.05) is 29.9 Å². The Balaban J connectivity index is 0.000000289. The third-order valence-corrected chi connectivity index (χ3v) is 8.61. The van der Waals surface area contributed by atoms with Crippen molar-refractivity contribution in [3.8, 4) is 0 Å². The standard InChI is InChI=1S/C17H26ClN3O3.C11H10N2O2.C4H10.CH4/c1-17(2)10-8-21(3)14(13(10)17)16(24)20-11(12(22)7-18)6-9-4-5-19-15(9)23;14-6-5-12-11(15)10-7-8-3-1-2-4-9(8)13-10;1-4(2)3;/h9-11,13-14H,4-8H2,1-3H3,(H,19,23)(H,20,24);1-4,6-7,13H,5H2,(H,12,15);4H,1-3H3;1H4/t9?,10-,11?,13?,14-;;;/m0.../s1. The Bertz CT molecular complexity index is 1270. The number of hydrogen-bond acceptors (Lipinski definition) is 6. The van der Waals surface area contributed by atoms with Gasteiger partial charge >= 0.3 is 0 Å². The highest BCUT2D eigenvalue weighted by Gasteiger charge is 2.67. The molecule has 10 nitrogen and oxygen atoms in total. The van der Waals surface area contributed by atoms with Gasteiger partial charge < -0.3 is 25.7 Å². The van der Waals surface area contributed by atoms with Crippen LogP contribution in [0.15, 0.2) is 30.3 Å². The summed E-state index contributed by atoms with van der Waals surface area (Å²) in [5.74, 6) is 0.682. The van der Waals surface area contributed by atoms with E-state index < -0.39 is 6.04 Å². The zero-order valence-corrected chi connectivity index (χ0v) is 26.8. The van der Waals surface area contributed by atoms with Gasteiger partial charge in [-0.25, -0.2) is 0 Å². The number of aldehydes is 1. The van der Waals surface area contributed by atoms with Gasteiger partial charge in [-0.2, -0.15) is 0 Å². The number of ketones is 1. The van der Waals surface area contributed by atoms with Crippen LogP contribution < -0.4 is 16.0 Å². The smallest absolute Gasteiger partial charge is 0.268 e. The topological polar surface area (TPSA) is 140 Å². The van der Waals surface area contributed by atoms with Gasteiger partial charge in [-0.1, -0.05) is 60.2 Å². The van der Waals surface area contributed by atoms with Crippen molar-refractivity contribution in [1.82, 2.24) is 25.8 Å². The molecule has 1 aliphatic carbocycles. The molecule has 1 saturated carbocycles. The van der Waals surface area contributed by atoms with Gasteiger partial charge in [0.25, 0.3) is 5.91 Å². The van der Waals surface area contributed by atoms with Crippen LogP contribution in [0.3, 0.4) is 0 Å². The van der Waals surface area contributed by atoms with Crippen LogP contribution in [0.4, 0.5) is 0 Å². The van der Waals surface area contributed by atoms with E-state index in [1.54, 1.807) is 6.07 Å². The number of carbonyl (C=O) groups excluding carboxylic acids is 5. The van der Waals surface area contributed by atoms with Gasteiger partial charge in [0.1, 0.15) is 12.0 Å². The minimum Gasteiger partial charge on any atom is -0.356 e. The number of aromatic amines is 1. The summed E-state index contributed by atoms with van der Waals surface area (Å²) in [6, 6.07) is 8.49. The maximum Gasteiger partial charge on any atom is 0.268 e. The summed E-state index contributed by atoms with van der Waals surface area (Å²) in [6.07, 6.45) is 1.68. The Morgan fingerprint density at radius 3 is 2.39 bits per heavy atom. The van der Waals surface area contributed by atoms with Crippen molar-refractivity contribution in [1.29, 1.82) is 0 Å². The normalized spacial score (nSPS) is 23.5. The van der Waals surface area contributed by atoms with E-state index in [0.717, 1.165) is 23.4 Å². The number of fused-ring (bicyclic) bond motifs is 2. The molecule has 11 heteroatoms. The molecule has 5 atom stereocenters. The molecule has 0 spiro atoms. The number of H-pyrrole nitrogens is 1. The van der Waals surface area contributed by atoms with E-state index >= 15 is 0 Å². The first-order valence-electron chi connectivity index (χ1n) is 15.0. The molecule has 3 unspecified atom stereocenters. The van der Waals surface area contributed by atoms with E-state index in [1.165, 1.54) is 0 Å². The second kappa shape index (κ2) is 16.2. The highest BCUT2D eigenvalue weighted by atomic mass is 35.5. The summed E-state index contributed by atoms with van der Waals surface area (Å²) >= 11 is 5.71. The Morgan fingerprint density at radius 2 is 1.84 bits per heavy atom. The number of likely N-dealkylation sites (tertiary alicyclic amines) is 1. The van der Waals surface area contributed by atoms with Crippen LogP contribution in [0.2, 0.25) is 0 Å². The molecule has 4 N–H and O–H groups in total. The minimum absolute atomic E-state index is 0. The average molecular weight is 632 g/mol. The fourth-order valence-electron chi connectivity index (χ4n) is 6.02. The van der Waals surface area contributed by atoms with E-state index in [-0.39, 0.29) is 60.7 Å². The lowest BCUT2D eigenvalue weighted by Crippen LogP contribution is -2.52. The average Bonchev–Trinajstić information content (AvgIpc) is 3.45. The largest absolute Gasteiger partial charge is 0.356 e. The molecule has 3 heterocycles. The van der Waals surface area contributed by atoms with Crippen LogP contribution >= 0.6 is 11.6 Å². The molecule has 1 aromatic carbocycles. The number of alkyl halides is 1. The second-order valence-corrected chi connectivity index (χ2v) is 13.2. The molecule has 2 aliphatic heterocycles. The molecule has 244 valence electrons. The van der Waals surface area contributed by atoms with Crippen molar-refractivity contribution in [3.63, 3.8) is 0 Å². The molecule has 5 rings (SSSR count). The lowest BCUT2D eigenvalue weighted by molar-refractivity contribution is -0.131. The molecule has 3 amide bonds. The van der Waals surface area contributed by atoms with E-state index in [4.69, 9.17) is 11.6 Å². The Kier molecular flexibility index (Phi) is 13.6. The molecule has 0 radical (unpaired) electrons. The number of benzene rings is 1. The fraction of sp³-hybridized carbons (Fsp3) is 0.606. The molecule has 44 heavy (non-hydrogen) atoms. The lowest BCUT2D eigenvalue weighted by atomic mass is 9.95. The molecule has 2 aromatic rings. The predicted octanol–water partition coefficient (Wildman–Crippen LogP) is 3.79. The maximum absolute atomic E-state index is 12.8. The number of carbonyl (C=O) groups is 5. The van der Waals surface area contributed by atoms with Crippen LogP contribution in [0.5, 0.6) is 0 Å². The fourth-order valence-corrected chi connectivity index (χ4v) is 6.21. The molecule has 3 aliphatic rings. The number of piperidine rings is 1. The predicted molar refractivity (Wildman–Crippen MR) is 175 cm³/mol. The third-order valence-electron chi connectivity index (χ3n) is 8.35. The quantitative estimate of drug-likeness (QED) is 0.245. The van der Waals surface area contributed by atoms with Crippen LogP contribution in [0, 0.1) is 29.1 Å². The summed E-state index contributed by atoms with van der Waals surface area (Å²) in [6.45, 7) is 12.5. The van der Waals surface area contributed by atoms with Crippen LogP contribution in [-0.2, 0) is 19.2 Å². The molecular weight excluding hydrogens is 582 g/mol. The van der Waals surface area contributed by atoms with Crippen LogP contribution in [0.1, 0.15) is 65.4 Å². The first-order valence-corrected chi connectivity index (χ1v) is 15.5. The van der Waals surface area contributed by atoms with Gasteiger partial charge in [0.2, 0.25) is 11.8 Å². The first-order chi connectivity index (χ1) is 20.3. The van der Waals surface area contributed by atoms with E-state index in [2.05, 4.69) is 60.5 Å². The van der Waals surface area contributed by atoms with Gasteiger partial charge in [0.05, 0.1) is 24.5 Å². The highest BCUT2D eigenvalue weighted by Crippen LogP contribution is 2.64. The maximum atomic E-state index is 12.8. The summed E-state index contributed by atoms with van der Waals surface area (Å²) < 4.78 is 0. The van der Waals surface area contributed by atoms with Crippen molar-refractivity contribution in [3.05, 3.63) is 36.0 Å². The van der Waals surface area contributed by atoms with Gasteiger partial charge in [0.15, 0.2) is 5.78 Å². The van der Waals surface area contributed by atoms with Crippen LogP contribution in [0.25, 0.3) is 10.9 Å². The van der Waals surface area contributed by atoms with Crippen LogP contribution in [-0.4, -0.2) is 84.3 Å². The zero-order valence-electron chi connectivity index (χ0n) is 26.0. The van der Waals surface area contributed by atoms with Gasteiger partial charge in [-0.3, -0.25) is 24.1 Å². The van der Waals surface area contributed by atoms with Crippen molar-refractivity contribution >= 4 is 52.3 Å². The number of amides is 3. The van der Waals surface area contributed by atoms with E-state index in [0.29, 0.717) is 43.2 Å². The van der Waals surface area contributed by atoms with Crippen molar-refractivity contribution in [2.24, 2.45) is 29.1 Å². The highest BCUT2D eigenvalue weighted by molar-refractivity contribution is 6.28. The molecule has 1 aromatic heterocycles. The van der Waals surface area contributed by atoms with E-state index in [9.17, 15) is 24.0 Å². The molecule has 2 saturated heterocycles. The number of nitrogens with one attached hydrogen (secondary N) is 4. The Labute approximate surface area is 266 Å². The number of rotatable bonds is 9. The van der Waals surface area contributed by atoms with Gasteiger partial charge in [-0.05, 0) is 55.2 Å². The number of para-hydroxylation sites is 1. The number of likely N-dealkylation sites (N-methyl/N-ethyl adjacent to an activating group) is 1. The Morgan fingerprint density at radius 1 is 1.18 bits per heavy atom. The lowest BCUT2D eigenvalue weighted by Gasteiger charge is -2.28. The molecule has 3 fully saturated rings. The van der Waals surface area contributed by atoms with Crippen molar-refractivity contribution in [2.45, 2.75) is 67.0 Å². The second-order valence-electron chi connectivity index (χ2n) is 12.9. The van der Waals surface area contributed by atoms with Gasteiger partial charge in [-0.15, -0.1) is 11.6 Å². The van der Waals surface area contributed by atoms with E-state index in [1.807, 2.05) is 31.3 Å². The SMILES string of the molecule is C.CC(C)C.CN1C[C@H]2C([C@H]1C(=O)NC(CC1CCNC1=O)C(=O)CCl)C2(C)C.O=CCNC(=O)c1cc2ccccc2[nH]1. The first kappa shape index (κ1) is 36.9. The Hall–Kier alpha value is -3.24. The zero-order chi connectivity index (χ0) is 31.9. The minimum atomic E-state index is -0.682.